The molecule has 4 atom stereocenters. The van der Waals surface area contributed by atoms with E-state index in [4.69, 9.17) is 14.2 Å². The van der Waals surface area contributed by atoms with Crippen LogP contribution in [0.2, 0.25) is 0 Å². The van der Waals surface area contributed by atoms with Crippen molar-refractivity contribution in [2.24, 2.45) is 11.8 Å². The van der Waals surface area contributed by atoms with E-state index in [0.29, 0.717) is 24.5 Å². The molecule has 4 unspecified atom stereocenters. The number of alkyl carbamates (subject to hydrolysis) is 2. The van der Waals surface area contributed by atoms with Crippen molar-refractivity contribution in [3.63, 3.8) is 0 Å². The molecule has 0 aliphatic heterocycles. The van der Waals surface area contributed by atoms with Gasteiger partial charge in [-0.2, -0.15) is 0 Å². The van der Waals surface area contributed by atoms with Gasteiger partial charge >= 0.3 is 12.2 Å². The highest BCUT2D eigenvalue weighted by molar-refractivity contribution is 5.86. The minimum absolute atomic E-state index is 0.117. The number of rotatable bonds is 19. The van der Waals surface area contributed by atoms with Gasteiger partial charge in [0.1, 0.15) is 24.4 Å². The van der Waals surface area contributed by atoms with E-state index in [1.807, 2.05) is 30.3 Å². The molecule has 0 bridgehead atoms. The number of ether oxygens (including phenoxy) is 4. The number of nitrogens with one attached hydrogen (secondary N) is 4. The first-order valence-corrected chi connectivity index (χ1v) is 15.9. The largest absolute Gasteiger partial charge is 0.491 e. The zero-order chi connectivity index (χ0) is 35.6. The summed E-state index contributed by atoms with van der Waals surface area (Å²) in [6.07, 6.45) is -2.47. The molecule has 2 rings (SSSR count). The van der Waals surface area contributed by atoms with Crippen LogP contribution >= 0.6 is 0 Å². The van der Waals surface area contributed by atoms with Gasteiger partial charge in [-0.1, -0.05) is 70.2 Å². The Bertz CT molecular complexity index is 1280. The van der Waals surface area contributed by atoms with E-state index in [0.717, 1.165) is 5.56 Å². The second kappa shape index (κ2) is 20.8. The second-order valence-electron chi connectivity index (χ2n) is 11.9. The van der Waals surface area contributed by atoms with Crippen LogP contribution in [0.3, 0.4) is 0 Å². The number of methoxy groups -OCH3 is 3. The van der Waals surface area contributed by atoms with Gasteiger partial charge in [-0.15, -0.1) is 0 Å². The smallest absolute Gasteiger partial charge is 0.407 e. The molecule has 14 nitrogen and oxygen atoms in total. The Labute approximate surface area is 282 Å². The Kier molecular flexibility index (Phi) is 17.2. The molecule has 48 heavy (non-hydrogen) atoms. The molecule has 0 fully saturated rings. The predicted molar refractivity (Wildman–Crippen MR) is 179 cm³/mol. The summed E-state index contributed by atoms with van der Waals surface area (Å²) in [5.74, 6) is -0.828. The number of hydrogen-bond donors (Lipinski definition) is 5. The Morgan fingerprint density at radius 1 is 0.750 bits per heavy atom. The molecule has 0 spiro atoms. The Morgan fingerprint density at radius 3 is 1.83 bits per heavy atom. The highest BCUT2D eigenvalue weighted by Gasteiger charge is 2.31. The first kappa shape index (κ1) is 39.8. The Balaban J connectivity index is 2.30. The van der Waals surface area contributed by atoms with Crippen molar-refractivity contribution in [2.75, 3.05) is 41.1 Å². The second-order valence-corrected chi connectivity index (χ2v) is 11.9. The average Bonchev–Trinajstić information content (AvgIpc) is 3.07. The van der Waals surface area contributed by atoms with Gasteiger partial charge in [0, 0.05) is 20.2 Å². The molecule has 14 heteroatoms. The van der Waals surface area contributed by atoms with Crippen molar-refractivity contribution in [1.29, 1.82) is 0 Å². The first-order chi connectivity index (χ1) is 22.9. The minimum Gasteiger partial charge on any atom is -0.491 e. The lowest BCUT2D eigenvalue weighted by molar-refractivity contribution is -0.129. The molecule has 266 valence electrons. The maximum Gasteiger partial charge on any atom is 0.407 e. The van der Waals surface area contributed by atoms with Crippen LogP contribution in [0.25, 0.3) is 0 Å². The first-order valence-electron chi connectivity index (χ1n) is 15.9. The number of hydrazine groups is 1. The van der Waals surface area contributed by atoms with E-state index < -0.39 is 48.2 Å². The van der Waals surface area contributed by atoms with Crippen LogP contribution in [0.1, 0.15) is 51.3 Å². The lowest BCUT2D eigenvalue weighted by Crippen LogP contribution is -2.55. The zero-order valence-corrected chi connectivity index (χ0v) is 28.9. The fourth-order valence-electron chi connectivity index (χ4n) is 4.76. The Morgan fingerprint density at radius 2 is 1.31 bits per heavy atom. The molecule has 0 heterocycles. The van der Waals surface area contributed by atoms with Gasteiger partial charge in [0.15, 0.2) is 0 Å². The van der Waals surface area contributed by atoms with Gasteiger partial charge in [-0.25, -0.2) is 14.6 Å². The number of carbonyl (C=O) groups excluding carboxylic acids is 4. The molecule has 5 N–H and O–H groups in total. The van der Waals surface area contributed by atoms with Gasteiger partial charge in [0.25, 0.3) is 5.91 Å². The van der Waals surface area contributed by atoms with Crippen LogP contribution in [-0.4, -0.2) is 93.4 Å². The number of benzene rings is 2. The van der Waals surface area contributed by atoms with E-state index in [1.54, 1.807) is 64.1 Å². The molecule has 0 aliphatic carbocycles. The number of aliphatic hydroxyl groups is 1. The number of amides is 4. The third-order valence-corrected chi connectivity index (χ3v) is 7.47. The van der Waals surface area contributed by atoms with Gasteiger partial charge in [-0.3, -0.25) is 15.0 Å². The van der Waals surface area contributed by atoms with E-state index in [9.17, 15) is 24.3 Å². The number of hydrogen-bond acceptors (Lipinski definition) is 10. The fraction of sp³-hybridized carbons (Fsp3) is 0.529. The van der Waals surface area contributed by atoms with Crippen LogP contribution in [0.5, 0.6) is 5.75 Å². The van der Waals surface area contributed by atoms with E-state index in [2.05, 4.69) is 26.1 Å². The lowest BCUT2D eigenvalue weighted by Gasteiger charge is -2.31. The number of aliphatic hydroxyl groups excluding tert-OH is 1. The monoisotopic (exact) mass is 673 g/mol. The molecule has 0 saturated carbocycles. The summed E-state index contributed by atoms with van der Waals surface area (Å²) in [6.45, 7) is 8.42. The standard InChI is InChI=1S/C34H51N5O9/c1-22(2)28(36-33(43)46-6)31(41)35-30(25-11-9-8-10-12-25)27(40)17-18-39(38-32(42)29(23(3)4)37-34(44)47-7)21-24-13-15-26(16-14-24)48-20-19-45-5/h8-16,22-23,27-30,40H,17-21H2,1-7H3,(H,35,41)(H,36,43)(H,37,44)(H,38,42). The van der Waals surface area contributed by atoms with Crippen molar-refractivity contribution in [2.45, 2.75) is 64.9 Å². The molecular weight excluding hydrogens is 622 g/mol. The van der Waals surface area contributed by atoms with Crippen LogP contribution in [0.15, 0.2) is 54.6 Å². The van der Waals surface area contributed by atoms with E-state index >= 15 is 0 Å². The summed E-state index contributed by atoms with van der Waals surface area (Å²) in [5.41, 5.74) is 4.38. The molecule has 2 aromatic carbocycles. The van der Waals surface area contributed by atoms with Gasteiger partial charge < -0.3 is 40.0 Å². The van der Waals surface area contributed by atoms with Crippen molar-refractivity contribution < 1.29 is 43.2 Å². The number of carbonyl (C=O) groups is 4. The summed E-state index contributed by atoms with van der Waals surface area (Å²) < 4.78 is 20.1. The van der Waals surface area contributed by atoms with Crippen molar-refractivity contribution in [3.8, 4) is 5.75 Å². The molecule has 4 amide bonds. The SMILES string of the molecule is COCCOc1ccc(CN(CCC(O)C(NC(=O)C(NC(=O)OC)C(C)C)c2ccccc2)NC(=O)C(NC(=O)OC)C(C)C)cc1. The average molecular weight is 674 g/mol. The minimum atomic E-state index is -1.10. The zero-order valence-electron chi connectivity index (χ0n) is 28.9. The van der Waals surface area contributed by atoms with Crippen molar-refractivity contribution in [3.05, 3.63) is 65.7 Å². The molecular formula is C34H51N5O9. The van der Waals surface area contributed by atoms with E-state index in [1.165, 1.54) is 14.2 Å². The fourth-order valence-corrected chi connectivity index (χ4v) is 4.76. The van der Waals surface area contributed by atoms with Crippen molar-refractivity contribution in [1.82, 2.24) is 26.4 Å². The van der Waals surface area contributed by atoms with Gasteiger partial charge in [-0.05, 0) is 41.5 Å². The maximum absolute atomic E-state index is 13.4. The normalized spacial score (nSPS) is 13.6. The molecule has 0 aliphatic rings. The quantitative estimate of drug-likeness (QED) is 0.110. The third kappa shape index (κ3) is 13.4. The van der Waals surface area contributed by atoms with Crippen LogP contribution in [0.4, 0.5) is 9.59 Å². The van der Waals surface area contributed by atoms with Gasteiger partial charge in [0.05, 0.1) is 33.0 Å². The molecule has 0 radical (unpaired) electrons. The third-order valence-electron chi connectivity index (χ3n) is 7.47. The summed E-state index contributed by atoms with van der Waals surface area (Å²) in [7, 11) is 4.03. The van der Waals surface area contributed by atoms with Crippen LogP contribution in [-0.2, 0) is 30.3 Å². The van der Waals surface area contributed by atoms with E-state index in [-0.39, 0.29) is 31.3 Å². The van der Waals surface area contributed by atoms with Crippen molar-refractivity contribution >= 4 is 24.0 Å². The number of nitrogens with zero attached hydrogens (tertiary/aromatic N) is 1. The topological polar surface area (TPSA) is 177 Å². The van der Waals surface area contributed by atoms with Gasteiger partial charge in [0.2, 0.25) is 5.91 Å². The highest BCUT2D eigenvalue weighted by Crippen LogP contribution is 2.21. The summed E-state index contributed by atoms with van der Waals surface area (Å²) in [5, 5.41) is 21.2. The van der Waals surface area contributed by atoms with Crippen LogP contribution < -0.4 is 26.1 Å². The maximum atomic E-state index is 13.4. The predicted octanol–water partition coefficient (Wildman–Crippen LogP) is 2.91. The lowest BCUT2D eigenvalue weighted by atomic mass is 9.97. The highest BCUT2D eigenvalue weighted by atomic mass is 16.5. The molecule has 0 aromatic heterocycles. The van der Waals surface area contributed by atoms with Crippen LogP contribution in [0, 0.1) is 11.8 Å². The summed E-state index contributed by atoms with van der Waals surface area (Å²) >= 11 is 0. The molecule has 0 saturated heterocycles. The molecule has 2 aromatic rings. The Hall–Kier alpha value is -4.40. The summed E-state index contributed by atoms with van der Waals surface area (Å²) in [4.78, 5) is 50.7. The summed E-state index contributed by atoms with van der Waals surface area (Å²) in [6, 6.07) is 13.7.